The van der Waals surface area contributed by atoms with Gasteiger partial charge in [0.2, 0.25) is 5.91 Å². The third-order valence-electron chi connectivity index (χ3n) is 5.19. The largest absolute Gasteiger partial charge is 1.00 e. The van der Waals surface area contributed by atoms with E-state index in [4.69, 9.17) is 9.47 Å². The molecule has 1 amide bonds. The minimum absolute atomic E-state index is 0. The first-order valence-corrected chi connectivity index (χ1v) is 11.3. The molecule has 0 aliphatic heterocycles. The molecule has 0 spiro atoms. The molecule has 3 aromatic rings. The standard InChI is InChI=1S/C22H22FN3O4.C5H8O2.2K/c1-4-13(2)12-30-19-16(23)8-9-17-18(19)21(27)26-20(25-17)22(28)24-11-14-6-5-7-15(10-14)29-3;1-3-4(2)5(6)7;;/h4-10H,11-12H2,1-3H3,(H2,24,25,26,27,28);3-4H,1H2,2H3,(H,6,7);;/q;;2*+1/p-2/b13-4+;;;. The molecule has 12 heteroatoms. The Labute approximate surface area is 311 Å². The minimum Gasteiger partial charge on any atom is -0.550 e. The normalized spacial score (nSPS) is 11.1. The Morgan fingerprint density at radius 3 is 2.51 bits per heavy atom. The summed E-state index contributed by atoms with van der Waals surface area (Å²) in [6.45, 7) is 8.75. The third-order valence-corrected chi connectivity index (χ3v) is 5.19. The summed E-state index contributed by atoms with van der Waals surface area (Å²) in [5.74, 6) is -2.77. The van der Waals surface area contributed by atoms with Crippen LogP contribution in [-0.4, -0.2) is 30.6 Å². The van der Waals surface area contributed by atoms with Crippen molar-refractivity contribution in [2.45, 2.75) is 27.3 Å². The Bertz CT molecular complexity index is 1380. The van der Waals surface area contributed by atoms with E-state index < -0.39 is 29.2 Å². The van der Waals surface area contributed by atoms with Crippen LogP contribution in [0, 0.1) is 11.7 Å². The second-order valence-corrected chi connectivity index (χ2v) is 7.92. The Kier molecular flexibility index (Phi) is 18.4. The van der Waals surface area contributed by atoms with Gasteiger partial charge in [-0.2, -0.15) is 0 Å². The maximum absolute atomic E-state index is 14.3. The number of fused-ring (bicyclic) bond motifs is 1. The van der Waals surface area contributed by atoms with Gasteiger partial charge in [-0.05, 0) is 48.7 Å². The number of ether oxygens (including phenoxy) is 2. The van der Waals surface area contributed by atoms with Crippen molar-refractivity contribution in [1.82, 2.24) is 15.3 Å². The van der Waals surface area contributed by atoms with Crippen molar-refractivity contribution in [3.05, 3.63) is 88.3 Å². The summed E-state index contributed by atoms with van der Waals surface area (Å²) in [6, 6.07) is 9.66. The number of aliphatic carboxylic acids is 1. The van der Waals surface area contributed by atoms with Gasteiger partial charge in [0, 0.05) is 24.3 Å². The molecule has 2 aromatic carbocycles. The number of hydrogen-bond donors (Lipinski definition) is 1. The van der Waals surface area contributed by atoms with Crippen LogP contribution >= 0.6 is 0 Å². The first-order chi connectivity index (χ1) is 17.6. The van der Waals surface area contributed by atoms with Gasteiger partial charge in [-0.3, -0.25) is 9.59 Å². The summed E-state index contributed by atoms with van der Waals surface area (Å²) >= 11 is 0. The molecular formula is C27H28FK2N3O6. The van der Waals surface area contributed by atoms with Crippen molar-refractivity contribution in [2.75, 3.05) is 13.7 Å². The van der Waals surface area contributed by atoms with E-state index in [0.29, 0.717) is 5.75 Å². The molecule has 1 atom stereocenters. The molecule has 3 rings (SSSR count). The molecule has 0 saturated heterocycles. The number of rotatable bonds is 9. The zero-order valence-electron chi connectivity index (χ0n) is 23.0. The fourth-order valence-electron chi connectivity index (χ4n) is 2.79. The zero-order chi connectivity index (χ0) is 27.5. The number of allylic oxidation sites excluding steroid dienone is 1. The molecule has 196 valence electrons. The predicted molar refractivity (Wildman–Crippen MR) is 135 cm³/mol. The smallest absolute Gasteiger partial charge is 0.550 e. The van der Waals surface area contributed by atoms with Gasteiger partial charge >= 0.3 is 103 Å². The number of aromatic nitrogens is 2. The van der Waals surface area contributed by atoms with Crippen molar-refractivity contribution < 1.29 is 131 Å². The fraction of sp³-hybridized carbons (Fsp3) is 0.259. The number of carboxylic acids is 1. The quantitative estimate of drug-likeness (QED) is 0.202. The van der Waals surface area contributed by atoms with Crippen molar-refractivity contribution in [2.24, 2.45) is 5.92 Å². The van der Waals surface area contributed by atoms with Gasteiger partial charge in [0.25, 0.3) is 0 Å². The van der Waals surface area contributed by atoms with E-state index in [0.717, 1.165) is 17.2 Å². The molecular weight excluding hydrogens is 560 g/mol. The third kappa shape index (κ3) is 11.7. The summed E-state index contributed by atoms with van der Waals surface area (Å²) in [5, 5.41) is 12.3. The summed E-state index contributed by atoms with van der Waals surface area (Å²) in [5.41, 5.74) is 1.03. The van der Waals surface area contributed by atoms with E-state index >= 15 is 0 Å². The number of carbonyl (C=O) groups is 2. The van der Waals surface area contributed by atoms with E-state index in [2.05, 4.69) is 21.9 Å². The average molecular weight is 588 g/mol. The van der Waals surface area contributed by atoms with Gasteiger partial charge < -0.3 is 34.7 Å². The van der Waals surface area contributed by atoms with E-state index in [1.54, 1.807) is 25.3 Å². The van der Waals surface area contributed by atoms with Crippen LogP contribution in [0.2, 0.25) is 0 Å². The van der Waals surface area contributed by atoms with Gasteiger partial charge in [0.15, 0.2) is 17.1 Å². The van der Waals surface area contributed by atoms with E-state index in [-0.39, 0.29) is 138 Å². The van der Waals surface area contributed by atoms with Crippen molar-refractivity contribution >= 4 is 22.8 Å². The Morgan fingerprint density at radius 2 is 1.95 bits per heavy atom. The molecule has 0 aliphatic carbocycles. The second-order valence-electron chi connectivity index (χ2n) is 7.92. The van der Waals surface area contributed by atoms with Gasteiger partial charge in [0.1, 0.15) is 12.4 Å². The van der Waals surface area contributed by atoms with Crippen LogP contribution in [0.1, 0.15) is 37.0 Å². The van der Waals surface area contributed by atoms with Gasteiger partial charge in [0.05, 0.1) is 12.5 Å². The van der Waals surface area contributed by atoms with Crippen molar-refractivity contribution in [3.8, 4) is 11.5 Å². The van der Waals surface area contributed by atoms with Crippen LogP contribution in [0.3, 0.4) is 0 Å². The number of carbonyl (C=O) groups excluding carboxylic acids is 2. The first-order valence-electron chi connectivity index (χ1n) is 11.3. The van der Waals surface area contributed by atoms with Crippen LogP contribution in [0.25, 0.3) is 10.9 Å². The molecule has 1 aromatic heterocycles. The summed E-state index contributed by atoms with van der Waals surface area (Å²) < 4.78 is 24.9. The number of benzene rings is 2. The molecule has 1 heterocycles. The van der Waals surface area contributed by atoms with Gasteiger partial charge in [-0.15, -0.1) is 6.58 Å². The van der Waals surface area contributed by atoms with Crippen LogP contribution in [0.15, 0.2) is 65.5 Å². The molecule has 39 heavy (non-hydrogen) atoms. The zero-order valence-corrected chi connectivity index (χ0v) is 29.3. The van der Waals surface area contributed by atoms with Crippen LogP contribution in [-0.2, 0) is 11.3 Å². The molecule has 0 bridgehead atoms. The number of nitrogens with zero attached hydrogens (tertiary/aromatic N) is 2. The van der Waals surface area contributed by atoms with Gasteiger partial charge in [-0.25, -0.2) is 4.39 Å². The van der Waals surface area contributed by atoms with E-state index in [1.807, 2.05) is 26.0 Å². The number of halogens is 1. The predicted octanol–water partition coefficient (Wildman–Crippen LogP) is -3.46. The molecule has 0 radical (unpaired) electrons. The number of amides is 1. The maximum atomic E-state index is 14.3. The molecule has 0 fully saturated rings. The number of hydrogen-bond acceptors (Lipinski definition) is 7. The Hall–Kier alpha value is -1.20. The second kappa shape index (κ2) is 19.0. The maximum Gasteiger partial charge on any atom is 1.00 e. The number of carboxylic acid groups (broad SMARTS) is 1. The molecule has 0 saturated carbocycles. The van der Waals surface area contributed by atoms with E-state index in [1.165, 1.54) is 19.1 Å². The SMILES string of the molecule is C/C=C(\C)COc1c(F)ccc2nc(C(=O)NCc3cccc(OC)c3)[n-]c(=O)c12.C=CC(C)C(=O)[O-].[K+].[K+]. The topological polar surface area (TPSA) is 132 Å². The van der Waals surface area contributed by atoms with Crippen molar-refractivity contribution in [3.63, 3.8) is 0 Å². The molecule has 1 unspecified atom stereocenters. The van der Waals surface area contributed by atoms with E-state index in [9.17, 15) is 23.9 Å². The monoisotopic (exact) mass is 587 g/mol. The molecule has 0 aliphatic rings. The summed E-state index contributed by atoms with van der Waals surface area (Å²) in [7, 11) is 1.55. The van der Waals surface area contributed by atoms with Gasteiger partial charge in [-0.1, -0.05) is 37.3 Å². The average Bonchev–Trinajstić information content (AvgIpc) is 2.90. The fourth-order valence-corrected chi connectivity index (χ4v) is 2.79. The van der Waals surface area contributed by atoms with Crippen LogP contribution in [0.5, 0.6) is 11.5 Å². The number of nitrogens with one attached hydrogen (secondary N) is 1. The minimum atomic E-state index is -1.07. The molecule has 9 nitrogen and oxygen atoms in total. The van der Waals surface area contributed by atoms with Crippen LogP contribution in [0.4, 0.5) is 4.39 Å². The molecule has 1 N–H and O–H groups in total. The summed E-state index contributed by atoms with van der Waals surface area (Å²) in [6.07, 6.45) is 3.15. The van der Waals surface area contributed by atoms with Crippen LogP contribution < -0.4 is 133 Å². The number of methoxy groups -OCH3 is 1. The Balaban J connectivity index is 0.00000142. The van der Waals surface area contributed by atoms with Crippen molar-refractivity contribution in [1.29, 1.82) is 0 Å². The summed E-state index contributed by atoms with van der Waals surface area (Å²) in [4.78, 5) is 42.6. The first kappa shape index (κ1) is 37.8. The Morgan fingerprint density at radius 1 is 1.26 bits per heavy atom.